The summed E-state index contributed by atoms with van der Waals surface area (Å²) in [5.41, 5.74) is -0.0297. The number of rotatable bonds is 6. The number of fused-ring (bicyclic) bond motifs is 2. The number of imide groups is 2. The quantitative estimate of drug-likeness (QED) is 0.204. The molecule has 0 fully saturated rings. The maximum Gasteiger partial charge on any atom is 0.335 e. The summed E-state index contributed by atoms with van der Waals surface area (Å²) in [6, 6.07) is 19.1. The molecule has 2 heterocycles. The number of carboxylic acids is 1. The van der Waals surface area contributed by atoms with Crippen LogP contribution < -0.4 is 14.5 Å². The molecule has 2 aliphatic heterocycles. The normalized spacial score (nSPS) is 13.9. The minimum atomic E-state index is -1.20. The molecule has 4 aromatic rings. The largest absolute Gasteiger partial charge is 0.478 e. The Morgan fingerprint density at radius 3 is 1.83 bits per heavy atom. The Bertz CT molecular complexity index is 1880. The first-order valence-corrected chi connectivity index (χ1v) is 12.0. The van der Waals surface area contributed by atoms with Crippen molar-refractivity contribution < 1.29 is 38.7 Å². The van der Waals surface area contributed by atoms with Crippen molar-refractivity contribution in [3.8, 4) is 11.5 Å². The molecule has 12 heteroatoms. The van der Waals surface area contributed by atoms with Crippen molar-refractivity contribution in [2.75, 3.05) is 9.80 Å². The number of carbonyl (C=O) groups excluding carboxylic acids is 4. The first kappa shape index (κ1) is 25.1. The highest BCUT2D eigenvalue weighted by molar-refractivity contribution is 6.35. The third kappa shape index (κ3) is 4.06. The van der Waals surface area contributed by atoms with Gasteiger partial charge in [-0.3, -0.25) is 29.3 Å². The molecule has 0 unspecified atom stereocenters. The molecule has 200 valence electrons. The van der Waals surface area contributed by atoms with E-state index in [1.807, 2.05) is 0 Å². The summed E-state index contributed by atoms with van der Waals surface area (Å²) >= 11 is 0. The Labute approximate surface area is 229 Å². The number of amides is 4. The lowest BCUT2D eigenvalue weighted by Gasteiger charge is -2.15. The average molecular weight is 549 g/mol. The maximum atomic E-state index is 13.1. The summed E-state index contributed by atoms with van der Waals surface area (Å²) in [5.74, 6) is -3.47. The zero-order valence-corrected chi connectivity index (χ0v) is 20.6. The van der Waals surface area contributed by atoms with Gasteiger partial charge in [0, 0.05) is 18.2 Å². The lowest BCUT2D eigenvalue weighted by molar-refractivity contribution is -0.384. The summed E-state index contributed by atoms with van der Waals surface area (Å²) in [6.45, 7) is 0. The van der Waals surface area contributed by atoms with Crippen LogP contribution in [0.5, 0.6) is 11.5 Å². The lowest BCUT2D eigenvalue weighted by atomic mass is 10.1. The van der Waals surface area contributed by atoms with Gasteiger partial charge in [-0.15, -0.1) is 0 Å². The van der Waals surface area contributed by atoms with Crippen LogP contribution in [0.1, 0.15) is 51.8 Å². The first-order valence-electron chi connectivity index (χ1n) is 12.0. The number of benzene rings is 4. The molecule has 4 aromatic carbocycles. The van der Waals surface area contributed by atoms with Crippen molar-refractivity contribution >= 4 is 46.7 Å². The molecule has 4 amide bonds. The number of ether oxygens (including phenoxy) is 1. The Balaban J connectivity index is 1.26. The number of aromatic carboxylic acids is 1. The summed E-state index contributed by atoms with van der Waals surface area (Å²) in [5, 5.41) is 20.4. The molecule has 0 spiro atoms. The molecule has 0 radical (unpaired) electrons. The van der Waals surface area contributed by atoms with E-state index in [0.29, 0.717) is 0 Å². The Hall–Kier alpha value is -6.17. The maximum absolute atomic E-state index is 13.1. The number of carbonyl (C=O) groups is 5. The van der Waals surface area contributed by atoms with Gasteiger partial charge >= 0.3 is 5.97 Å². The highest BCUT2D eigenvalue weighted by atomic mass is 16.6. The molecule has 1 N–H and O–H groups in total. The van der Waals surface area contributed by atoms with Crippen LogP contribution in [-0.2, 0) is 0 Å². The Morgan fingerprint density at radius 2 is 1.20 bits per heavy atom. The van der Waals surface area contributed by atoms with Crippen LogP contribution in [-0.4, -0.2) is 39.6 Å². The van der Waals surface area contributed by atoms with Crippen LogP contribution in [0, 0.1) is 10.1 Å². The highest BCUT2D eigenvalue weighted by Crippen LogP contribution is 2.35. The molecule has 12 nitrogen and oxygen atoms in total. The zero-order valence-electron chi connectivity index (χ0n) is 20.6. The first-order chi connectivity index (χ1) is 19.6. The molecule has 0 saturated heterocycles. The smallest absolute Gasteiger partial charge is 0.335 e. The van der Waals surface area contributed by atoms with Gasteiger partial charge in [0.05, 0.1) is 44.1 Å². The van der Waals surface area contributed by atoms with E-state index in [4.69, 9.17) is 4.74 Å². The molecule has 0 atom stereocenters. The number of nitro benzene ring substituents is 1. The van der Waals surface area contributed by atoms with Gasteiger partial charge in [0.15, 0.2) is 0 Å². The molecule has 0 bridgehead atoms. The third-order valence-electron chi connectivity index (χ3n) is 6.60. The molecular weight excluding hydrogens is 534 g/mol. The van der Waals surface area contributed by atoms with Crippen LogP contribution in [0.15, 0.2) is 84.9 Å². The van der Waals surface area contributed by atoms with E-state index >= 15 is 0 Å². The second-order valence-electron chi connectivity index (χ2n) is 9.04. The van der Waals surface area contributed by atoms with Gasteiger partial charge in [-0.1, -0.05) is 12.1 Å². The van der Waals surface area contributed by atoms with Gasteiger partial charge in [0.25, 0.3) is 29.3 Å². The second-order valence-corrected chi connectivity index (χ2v) is 9.04. The number of nitrogens with zero attached hydrogens (tertiary/aromatic N) is 3. The summed E-state index contributed by atoms with van der Waals surface area (Å²) in [6.07, 6.45) is 0. The summed E-state index contributed by atoms with van der Waals surface area (Å²) < 4.78 is 5.88. The summed E-state index contributed by atoms with van der Waals surface area (Å²) in [7, 11) is 0. The van der Waals surface area contributed by atoms with Crippen molar-refractivity contribution in [1.82, 2.24) is 0 Å². The monoisotopic (exact) mass is 549 g/mol. The van der Waals surface area contributed by atoms with Gasteiger partial charge in [0.2, 0.25) is 0 Å². The van der Waals surface area contributed by atoms with Gasteiger partial charge in [-0.25, -0.2) is 14.6 Å². The fraction of sp³-hybridized carbons (Fsp3) is 0. The summed E-state index contributed by atoms with van der Waals surface area (Å²) in [4.78, 5) is 75.6. The second kappa shape index (κ2) is 9.24. The SMILES string of the molecule is O=C(O)c1cccc(N2C(=O)c3ccc(Oc4cccc(N5C(=O)c6ccc([N+](=O)[O-])cc6C5=O)c4)cc3C2=O)c1. The van der Waals surface area contributed by atoms with E-state index in [1.54, 1.807) is 6.07 Å². The standard InChI is InChI=1S/C29H15N3O9/c33-25-21-9-7-18(32(39)40)13-23(21)27(35)31(25)17-5-2-6-19(12-17)41-20-8-10-22-24(14-20)28(36)30(26(22)34)16-4-1-3-15(11-16)29(37)38/h1-14H,(H,37,38). The lowest BCUT2D eigenvalue weighted by Crippen LogP contribution is -2.29. The number of carboxylic acid groups (broad SMARTS) is 1. The van der Waals surface area contributed by atoms with E-state index in [0.717, 1.165) is 21.9 Å². The molecule has 0 aliphatic carbocycles. The van der Waals surface area contributed by atoms with Gasteiger partial charge < -0.3 is 9.84 Å². The zero-order chi connectivity index (χ0) is 29.0. The third-order valence-corrected chi connectivity index (χ3v) is 6.60. The molecule has 6 rings (SSSR count). The highest BCUT2D eigenvalue weighted by Gasteiger charge is 2.39. The van der Waals surface area contributed by atoms with Crippen LogP contribution >= 0.6 is 0 Å². The van der Waals surface area contributed by atoms with Crippen LogP contribution in [0.3, 0.4) is 0 Å². The van der Waals surface area contributed by atoms with E-state index in [2.05, 4.69) is 0 Å². The van der Waals surface area contributed by atoms with Crippen LogP contribution in [0.2, 0.25) is 0 Å². The van der Waals surface area contributed by atoms with Crippen LogP contribution in [0.4, 0.5) is 17.1 Å². The van der Waals surface area contributed by atoms with Crippen molar-refractivity contribution in [3.05, 3.63) is 123 Å². The van der Waals surface area contributed by atoms with E-state index in [-0.39, 0.29) is 56.4 Å². The predicted octanol–water partition coefficient (Wildman–Crippen LogP) is 4.69. The van der Waals surface area contributed by atoms with E-state index in [9.17, 15) is 39.2 Å². The van der Waals surface area contributed by atoms with Crippen LogP contribution in [0.25, 0.3) is 0 Å². The minimum Gasteiger partial charge on any atom is -0.478 e. The number of hydrogen-bond donors (Lipinski definition) is 1. The fourth-order valence-electron chi connectivity index (χ4n) is 4.69. The number of hydrogen-bond acceptors (Lipinski definition) is 8. The van der Waals surface area contributed by atoms with Crippen molar-refractivity contribution in [2.45, 2.75) is 0 Å². The molecule has 2 aliphatic rings. The molecule has 0 saturated carbocycles. The average Bonchev–Trinajstić information content (AvgIpc) is 3.36. The number of non-ortho nitro benzene ring substituents is 1. The molecule has 0 aromatic heterocycles. The van der Waals surface area contributed by atoms with Crippen molar-refractivity contribution in [2.24, 2.45) is 0 Å². The van der Waals surface area contributed by atoms with E-state index < -0.39 is 34.5 Å². The minimum absolute atomic E-state index is 0.0344. The van der Waals surface area contributed by atoms with Gasteiger partial charge in [-0.2, -0.15) is 0 Å². The number of anilines is 2. The molecular formula is C29H15N3O9. The fourth-order valence-corrected chi connectivity index (χ4v) is 4.69. The molecule has 41 heavy (non-hydrogen) atoms. The van der Waals surface area contributed by atoms with Gasteiger partial charge in [0.1, 0.15) is 11.5 Å². The van der Waals surface area contributed by atoms with E-state index in [1.165, 1.54) is 66.7 Å². The van der Waals surface area contributed by atoms with Crippen molar-refractivity contribution in [1.29, 1.82) is 0 Å². The Morgan fingerprint density at radius 1 is 0.659 bits per heavy atom. The number of nitro groups is 1. The van der Waals surface area contributed by atoms with Gasteiger partial charge in [-0.05, 0) is 54.6 Å². The Kier molecular flexibility index (Phi) is 5.66. The van der Waals surface area contributed by atoms with Crippen molar-refractivity contribution in [3.63, 3.8) is 0 Å². The topological polar surface area (TPSA) is 164 Å². The predicted molar refractivity (Wildman–Crippen MR) is 142 cm³/mol.